The number of fused-ring (bicyclic) bond motifs is 3. The van der Waals surface area contributed by atoms with E-state index < -0.39 is 0 Å². The van der Waals surface area contributed by atoms with Crippen LogP contribution >= 0.6 is 0 Å². The summed E-state index contributed by atoms with van der Waals surface area (Å²) in [6, 6.07) is 60.1. The van der Waals surface area contributed by atoms with Gasteiger partial charge in [0.15, 0.2) is 11.5 Å². The van der Waals surface area contributed by atoms with Gasteiger partial charge in [-0.05, 0) is 53.9 Å². The van der Waals surface area contributed by atoms with Crippen LogP contribution in [0.3, 0.4) is 0 Å². The average Bonchev–Trinajstić information content (AvgIpc) is 3.59. The van der Waals surface area contributed by atoms with Crippen molar-refractivity contribution in [2.24, 2.45) is 0 Å². The molecule has 0 fully saturated rings. The molecule has 2 aromatic heterocycles. The average molecular weight is 701 g/mol. The van der Waals surface area contributed by atoms with Gasteiger partial charge in [0.05, 0.1) is 57.9 Å². The Balaban J connectivity index is 1.46. The van der Waals surface area contributed by atoms with E-state index in [0.29, 0.717) is 22.6 Å². The van der Waals surface area contributed by atoms with Crippen molar-refractivity contribution in [3.05, 3.63) is 192 Å². The van der Waals surface area contributed by atoms with Crippen molar-refractivity contribution in [1.29, 1.82) is 10.5 Å². The zero-order valence-corrected chi connectivity index (χ0v) is 29.3. The SMILES string of the molecule is [C-]#[N+]c1ccc2c(c1)c1ccccc1n2-c1c(-c2ccccc2C#N)cc(-c2nc(-c3ccccc3)cc(-c3ccccc3)n2)cc1-c1ccccc1C#N. The van der Waals surface area contributed by atoms with Crippen molar-refractivity contribution in [1.82, 2.24) is 14.5 Å². The Morgan fingerprint density at radius 2 is 0.982 bits per heavy atom. The minimum atomic E-state index is 0.500. The Labute approximate surface area is 317 Å². The molecule has 0 spiro atoms. The summed E-state index contributed by atoms with van der Waals surface area (Å²) in [5.74, 6) is 0.502. The van der Waals surface area contributed by atoms with Crippen LogP contribution in [-0.4, -0.2) is 14.5 Å². The molecule has 9 aromatic rings. The van der Waals surface area contributed by atoms with Crippen molar-refractivity contribution in [3.8, 4) is 74.0 Å². The normalized spacial score (nSPS) is 10.9. The number of para-hydroxylation sites is 1. The highest BCUT2D eigenvalue weighted by molar-refractivity contribution is 6.12. The summed E-state index contributed by atoms with van der Waals surface area (Å²) in [4.78, 5) is 14.1. The summed E-state index contributed by atoms with van der Waals surface area (Å²) in [6.07, 6.45) is 0. The predicted molar refractivity (Wildman–Crippen MR) is 219 cm³/mol. The van der Waals surface area contributed by atoms with Gasteiger partial charge in [0.2, 0.25) is 0 Å². The Kier molecular flexibility index (Phi) is 8.22. The molecule has 6 heteroatoms. The van der Waals surface area contributed by atoms with Crippen LogP contribution < -0.4 is 0 Å². The van der Waals surface area contributed by atoms with E-state index in [4.69, 9.17) is 16.5 Å². The van der Waals surface area contributed by atoms with Gasteiger partial charge in [-0.1, -0.05) is 121 Å². The molecule has 7 aromatic carbocycles. The van der Waals surface area contributed by atoms with Gasteiger partial charge in [-0.2, -0.15) is 10.5 Å². The highest BCUT2D eigenvalue weighted by Crippen LogP contribution is 2.45. The van der Waals surface area contributed by atoms with Crippen molar-refractivity contribution in [2.75, 3.05) is 0 Å². The van der Waals surface area contributed by atoms with Crippen molar-refractivity contribution in [3.63, 3.8) is 0 Å². The first-order chi connectivity index (χ1) is 27.1. The van der Waals surface area contributed by atoms with E-state index in [0.717, 1.165) is 77.8 Å². The molecule has 0 radical (unpaired) electrons. The predicted octanol–water partition coefficient (Wildman–Crippen LogP) is 12.2. The lowest BCUT2D eigenvalue weighted by molar-refractivity contribution is 1.16. The van der Waals surface area contributed by atoms with E-state index in [1.807, 2.05) is 146 Å². The molecule has 6 nitrogen and oxygen atoms in total. The molecule has 0 aliphatic rings. The van der Waals surface area contributed by atoms with Gasteiger partial charge >= 0.3 is 0 Å². The zero-order chi connectivity index (χ0) is 37.3. The van der Waals surface area contributed by atoms with Gasteiger partial charge in [-0.15, -0.1) is 0 Å². The third kappa shape index (κ3) is 5.76. The van der Waals surface area contributed by atoms with Gasteiger partial charge in [0.1, 0.15) is 0 Å². The molecule has 0 bridgehead atoms. The molecule has 2 heterocycles. The molecule has 0 amide bonds. The summed E-state index contributed by atoms with van der Waals surface area (Å²) in [7, 11) is 0. The summed E-state index contributed by atoms with van der Waals surface area (Å²) in [6.45, 7) is 7.77. The summed E-state index contributed by atoms with van der Waals surface area (Å²) >= 11 is 0. The van der Waals surface area contributed by atoms with Gasteiger partial charge in [-0.3, -0.25) is 0 Å². The molecule has 0 saturated heterocycles. The van der Waals surface area contributed by atoms with Crippen LogP contribution in [0.2, 0.25) is 0 Å². The van der Waals surface area contributed by atoms with E-state index in [2.05, 4.69) is 45.8 Å². The summed E-state index contributed by atoms with van der Waals surface area (Å²) < 4.78 is 2.20. The topological polar surface area (TPSA) is 82.7 Å². The molecule has 0 aliphatic heterocycles. The number of benzene rings is 7. The summed E-state index contributed by atoms with van der Waals surface area (Å²) in [5.41, 5.74) is 11.3. The largest absolute Gasteiger partial charge is 0.308 e. The van der Waals surface area contributed by atoms with E-state index in [9.17, 15) is 10.5 Å². The molecule has 0 atom stereocenters. The highest BCUT2D eigenvalue weighted by atomic mass is 15.0. The van der Waals surface area contributed by atoms with Crippen molar-refractivity contribution in [2.45, 2.75) is 0 Å². The standard InChI is InChI=1S/C49H28N6/c1-52-37-24-25-47-41(28-37)40-22-12-13-23-46(40)55(47)48-42(38-20-10-8-18-34(38)30-50)26-36(27-43(48)39-21-11-9-19-35(39)31-51)49-53-44(32-14-4-2-5-15-32)29-45(54-49)33-16-6-3-7-17-33/h2-29H. The number of nitriles is 2. The summed E-state index contributed by atoms with van der Waals surface area (Å²) in [5, 5.41) is 23.0. The Bertz CT molecular complexity index is 2930. The van der Waals surface area contributed by atoms with Crippen LogP contribution in [0.25, 0.3) is 88.5 Å². The van der Waals surface area contributed by atoms with Gasteiger partial charge in [0, 0.05) is 44.3 Å². The third-order valence-electron chi connectivity index (χ3n) is 9.92. The van der Waals surface area contributed by atoms with Gasteiger partial charge in [0.25, 0.3) is 0 Å². The van der Waals surface area contributed by atoms with E-state index in [1.54, 1.807) is 0 Å². The van der Waals surface area contributed by atoms with E-state index in [1.165, 1.54) is 0 Å². The molecule has 254 valence electrons. The number of aromatic nitrogens is 3. The van der Waals surface area contributed by atoms with Gasteiger partial charge in [-0.25, -0.2) is 14.8 Å². The highest BCUT2D eigenvalue weighted by Gasteiger charge is 2.25. The number of hydrogen-bond acceptors (Lipinski definition) is 4. The molecule has 9 rings (SSSR count). The first kappa shape index (κ1) is 32.8. The lowest BCUT2D eigenvalue weighted by atomic mass is 9.89. The van der Waals surface area contributed by atoms with Crippen molar-refractivity contribution < 1.29 is 0 Å². The maximum atomic E-state index is 10.5. The molecule has 55 heavy (non-hydrogen) atoms. The molecule has 0 aliphatic carbocycles. The Morgan fingerprint density at radius 1 is 0.473 bits per heavy atom. The Hall–Kier alpha value is -8.11. The molecule has 0 saturated carbocycles. The maximum Gasteiger partial charge on any atom is 0.188 e. The first-order valence-electron chi connectivity index (χ1n) is 17.7. The second-order valence-corrected chi connectivity index (χ2v) is 13.1. The quantitative estimate of drug-likeness (QED) is 0.162. The van der Waals surface area contributed by atoms with Crippen LogP contribution in [-0.2, 0) is 0 Å². The van der Waals surface area contributed by atoms with E-state index >= 15 is 0 Å². The number of nitrogens with zero attached hydrogens (tertiary/aromatic N) is 6. The fraction of sp³-hybridized carbons (Fsp3) is 0. The molecule has 0 N–H and O–H groups in total. The second kappa shape index (κ2) is 13.8. The third-order valence-corrected chi connectivity index (χ3v) is 9.92. The van der Waals surface area contributed by atoms with E-state index in [-0.39, 0.29) is 0 Å². The lowest BCUT2D eigenvalue weighted by Gasteiger charge is -2.22. The Morgan fingerprint density at radius 3 is 1.55 bits per heavy atom. The van der Waals surface area contributed by atoms with Crippen LogP contribution in [0.5, 0.6) is 0 Å². The van der Waals surface area contributed by atoms with Crippen LogP contribution in [0.15, 0.2) is 170 Å². The first-order valence-corrected chi connectivity index (χ1v) is 17.7. The fourth-order valence-corrected chi connectivity index (χ4v) is 7.41. The lowest BCUT2D eigenvalue weighted by Crippen LogP contribution is -2.04. The minimum Gasteiger partial charge on any atom is -0.308 e. The maximum absolute atomic E-state index is 10.5. The van der Waals surface area contributed by atoms with Crippen LogP contribution in [0, 0.1) is 29.2 Å². The fourth-order valence-electron chi connectivity index (χ4n) is 7.41. The minimum absolute atomic E-state index is 0.500. The zero-order valence-electron chi connectivity index (χ0n) is 29.3. The monoisotopic (exact) mass is 700 g/mol. The van der Waals surface area contributed by atoms with Gasteiger partial charge < -0.3 is 4.57 Å². The van der Waals surface area contributed by atoms with Crippen LogP contribution in [0.4, 0.5) is 5.69 Å². The number of rotatable bonds is 6. The smallest absolute Gasteiger partial charge is 0.188 e. The second-order valence-electron chi connectivity index (χ2n) is 13.1. The van der Waals surface area contributed by atoms with Crippen molar-refractivity contribution >= 4 is 27.5 Å². The molecular formula is C49H28N6. The number of hydrogen-bond donors (Lipinski definition) is 0. The molecular weight excluding hydrogens is 673 g/mol. The van der Waals surface area contributed by atoms with Crippen LogP contribution in [0.1, 0.15) is 11.1 Å². The molecule has 0 unspecified atom stereocenters.